The smallest absolute Gasteiger partial charge is 0.268 e. The Kier molecular flexibility index (Phi) is 5.66. The minimum Gasteiger partial charge on any atom is -0.350 e. The van der Waals surface area contributed by atoms with Gasteiger partial charge in [-0.05, 0) is 42.3 Å². The van der Waals surface area contributed by atoms with E-state index < -0.39 is 34.2 Å². The van der Waals surface area contributed by atoms with Crippen molar-refractivity contribution in [2.24, 2.45) is 0 Å². The third-order valence-electron chi connectivity index (χ3n) is 4.21. The van der Waals surface area contributed by atoms with Crippen LogP contribution in [0.1, 0.15) is 18.1 Å². The maximum Gasteiger partial charge on any atom is 0.268 e. The minimum atomic E-state index is -4.20. The van der Waals surface area contributed by atoms with Gasteiger partial charge in [0.05, 0.1) is 0 Å². The Morgan fingerprint density at radius 1 is 1.18 bits per heavy atom. The van der Waals surface area contributed by atoms with Crippen LogP contribution in [-0.2, 0) is 26.2 Å². The zero-order valence-electron chi connectivity index (χ0n) is 14.8. The number of halogens is 2. The summed E-state index contributed by atoms with van der Waals surface area (Å²) < 4.78 is 40.2. The van der Waals surface area contributed by atoms with Crippen LogP contribution in [0.3, 0.4) is 0 Å². The largest absolute Gasteiger partial charge is 0.350 e. The van der Waals surface area contributed by atoms with Gasteiger partial charge in [-0.1, -0.05) is 40.2 Å². The second kappa shape index (κ2) is 7.84. The molecular weight excluding hydrogens is 451 g/mol. The summed E-state index contributed by atoms with van der Waals surface area (Å²) in [6.45, 7) is 0.937. The molecule has 0 aromatic heterocycles. The molecule has 0 saturated carbocycles. The number of sulfonamides is 1. The number of nitrogens with one attached hydrogen (secondary N) is 1. The van der Waals surface area contributed by atoms with Gasteiger partial charge < -0.3 is 5.32 Å². The van der Waals surface area contributed by atoms with Gasteiger partial charge in [0.25, 0.3) is 15.9 Å². The zero-order chi connectivity index (χ0) is 20.5. The van der Waals surface area contributed by atoms with Crippen LogP contribution < -0.4 is 5.32 Å². The van der Waals surface area contributed by atoms with Crippen LogP contribution in [0.25, 0.3) is 4.91 Å². The van der Waals surface area contributed by atoms with Gasteiger partial charge in [-0.3, -0.25) is 9.59 Å². The fraction of sp³-hybridized carbons (Fsp3) is 0.158. The summed E-state index contributed by atoms with van der Waals surface area (Å²) in [7, 11) is -4.20. The molecule has 3 rings (SSSR count). The summed E-state index contributed by atoms with van der Waals surface area (Å²) >= 11 is 3.33. The molecule has 0 saturated heterocycles. The molecule has 1 N–H and O–H groups in total. The second-order valence-corrected chi connectivity index (χ2v) is 8.90. The Hall–Kier alpha value is -2.52. The van der Waals surface area contributed by atoms with Crippen molar-refractivity contribution >= 4 is 42.7 Å². The molecule has 28 heavy (non-hydrogen) atoms. The van der Waals surface area contributed by atoms with Crippen molar-refractivity contribution in [3.8, 4) is 0 Å². The topological polar surface area (TPSA) is 83.6 Å². The Bertz CT molecular complexity index is 1080. The summed E-state index contributed by atoms with van der Waals surface area (Å²) in [4.78, 5) is 24.5. The van der Waals surface area contributed by atoms with E-state index in [0.29, 0.717) is 4.31 Å². The molecule has 0 radical (unpaired) electrons. The average Bonchev–Trinajstić information content (AvgIpc) is 2.81. The number of hydrogen-bond acceptors (Lipinski definition) is 4. The quantitative estimate of drug-likeness (QED) is 0.734. The number of nitrogens with zero attached hydrogens (tertiary/aromatic N) is 1. The summed E-state index contributed by atoms with van der Waals surface area (Å²) in [5.74, 6) is -1.89. The van der Waals surface area contributed by atoms with Crippen molar-refractivity contribution in [1.29, 1.82) is 0 Å². The van der Waals surface area contributed by atoms with E-state index in [1.54, 1.807) is 6.07 Å². The molecule has 0 bridgehead atoms. The first kappa shape index (κ1) is 20.2. The van der Waals surface area contributed by atoms with Crippen LogP contribution in [0.5, 0.6) is 0 Å². The number of carbonyl (C=O) groups excluding carboxylic acids is 2. The fourth-order valence-corrected chi connectivity index (χ4v) is 5.07. The van der Waals surface area contributed by atoms with Gasteiger partial charge in [0, 0.05) is 16.6 Å². The highest BCUT2D eigenvalue weighted by atomic mass is 79.9. The van der Waals surface area contributed by atoms with Crippen LogP contribution in [0.15, 0.2) is 58.6 Å². The molecule has 0 atom stereocenters. The molecule has 0 fully saturated rings. The van der Waals surface area contributed by atoms with E-state index in [-0.39, 0.29) is 22.6 Å². The third-order valence-corrected chi connectivity index (χ3v) is 6.63. The van der Waals surface area contributed by atoms with Gasteiger partial charge in [-0.2, -0.15) is 0 Å². The first-order chi connectivity index (χ1) is 13.2. The van der Waals surface area contributed by atoms with Gasteiger partial charge in [-0.15, -0.1) is 0 Å². The van der Waals surface area contributed by atoms with Gasteiger partial charge in [-0.25, -0.2) is 17.1 Å². The number of amides is 2. The van der Waals surface area contributed by atoms with E-state index in [1.807, 2.05) is 18.2 Å². The predicted molar refractivity (Wildman–Crippen MR) is 106 cm³/mol. The number of hydrogen-bond donors (Lipinski definition) is 1. The number of rotatable bonds is 5. The highest BCUT2D eigenvalue weighted by Crippen LogP contribution is 2.35. The highest BCUT2D eigenvalue weighted by Gasteiger charge is 2.43. The molecule has 0 aliphatic carbocycles. The Labute approximate surface area is 170 Å². The monoisotopic (exact) mass is 466 g/mol. The van der Waals surface area contributed by atoms with Crippen LogP contribution in [0.2, 0.25) is 0 Å². The predicted octanol–water partition coefficient (Wildman–Crippen LogP) is 2.81. The molecule has 0 spiro atoms. The lowest BCUT2D eigenvalue weighted by Gasteiger charge is -2.16. The SMILES string of the molecule is CC1=C(c2ccc(F)cc2)S(=O)(=O)N(CC(=O)NCc2cccc(Br)c2)C1=O. The molecular formula is C19H16BrFN2O4S. The van der Waals surface area contributed by atoms with Crippen LogP contribution in [0, 0.1) is 5.82 Å². The minimum absolute atomic E-state index is 0.00796. The second-order valence-electron chi connectivity index (χ2n) is 6.18. The maximum atomic E-state index is 13.1. The zero-order valence-corrected chi connectivity index (χ0v) is 17.2. The van der Waals surface area contributed by atoms with Crippen molar-refractivity contribution < 1.29 is 22.4 Å². The lowest BCUT2D eigenvalue weighted by atomic mass is 10.1. The molecule has 1 heterocycles. The van der Waals surface area contributed by atoms with Gasteiger partial charge >= 0.3 is 0 Å². The molecule has 6 nitrogen and oxygen atoms in total. The normalized spacial score (nSPS) is 15.8. The first-order valence-corrected chi connectivity index (χ1v) is 10.5. The van der Waals surface area contributed by atoms with Crippen molar-refractivity contribution in [3.63, 3.8) is 0 Å². The van der Waals surface area contributed by atoms with Gasteiger partial charge in [0.1, 0.15) is 17.3 Å². The molecule has 1 aliphatic rings. The van der Waals surface area contributed by atoms with Gasteiger partial charge in [0.15, 0.2) is 0 Å². The van der Waals surface area contributed by atoms with E-state index in [0.717, 1.165) is 22.2 Å². The first-order valence-electron chi connectivity index (χ1n) is 8.25. The van der Waals surface area contributed by atoms with Crippen LogP contribution in [0.4, 0.5) is 4.39 Å². The van der Waals surface area contributed by atoms with Crippen molar-refractivity contribution in [2.45, 2.75) is 13.5 Å². The Morgan fingerprint density at radius 2 is 1.86 bits per heavy atom. The third kappa shape index (κ3) is 4.00. The number of carbonyl (C=O) groups is 2. The van der Waals surface area contributed by atoms with Crippen molar-refractivity contribution in [3.05, 3.63) is 75.5 Å². The number of benzene rings is 2. The highest BCUT2D eigenvalue weighted by molar-refractivity contribution is 9.10. The summed E-state index contributed by atoms with van der Waals surface area (Å²) in [6, 6.07) is 12.1. The molecule has 2 aromatic rings. The van der Waals surface area contributed by atoms with E-state index in [1.165, 1.54) is 19.1 Å². The molecule has 2 aromatic carbocycles. The Balaban J connectivity index is 1.75. The molecule has 1 aliphatic heterocycles. The summed E-state index contributed by atoms with van der Waals surface area (Å²) in [6.07, 6.45) is 0. The van der Waals surface area contributed by atoms with Crippen molar-refractivity contribution in [1.82, 2.24) is 9.62 Å². The average molecular weight is 467 g/mol. The van der Waals surface area contributed by atoms with Crippen molar-refractivity contribution in [2.75, 3.05) is 6.54 Å². The van der Waals surface area contributed by atoms with E-state index in [9.17, 15) is 22.4 Å². The van der Waals surface area contributed by atoms with E-state index >= 15 is 0 Å². The molecule has 2 amide bonds. The maximum absolute atomic E-state index is 13.1. The molecule has 146 valence electrons. The summed E-state index contributed by atoms with van der Waals surface area (Å²) in [5, 5.41) is 2.60. The molecule has 9 heteroatoms. The lowest BCUT2D eigenvalue weighted by Crippen LogP contribution is -2.40. The lowest BCUT2D eigenvalue weighted by molar-refractivity contribution is -0.128. The molecule has 0 unspecified atom stereocenters. The fourth-order valence-electron chi connectivity index (χ4n) is 2.85. The van der Waals surface area contributed by atoms with E-state index in [2.05, 4.69) is 21.2 Å². The van der Waals surface area contributed by atoms with Crippen LogP contribution >= 0.6 is 15.9 Å². The van der Waals surface area contributed by atoms with E-state index in [4.69, 9.17) is 0 Å². The summed E-state index contributed by atoms with van der Waals surface area (Å²) in [5.41, 5.74) is 1.01. The van der Waals surface area contributed by atoms with Crippen LogP contribution in [-0.4, -0.2) is 31.1 Å². The Morgan fingerprint density at radius 3 is 2.50 bits per heavy atom. The van der Waals surface area contributed by atoms with Gasteiger partial charge in [0.2, 0.25) is 5.91 Å². The standard InChI is InChI=1S/C19H16BrFN2O4S/c1-12-18(14-5-7-16(21)8-6-14)28(26,27)23(19(12)25)11-17(24)22-10-13-3-2-4-15(20)9-13/h2-9H,10-11H2,1H3,(H,22,24).